The molecule has 2 rings (SSSR count). The van der Waals surface area contributed by atoms with Crippen molar-refractivity contribution in [1.82, 2.24) is 0 Å². The van der Waals surface area contributed by atoms with Crippen molar-refractivity contribution in [3.63, 3.8) is 0 Å². The van der Waals surface area contributed by atoms with E-state index in [9.17, 15) is 10.1 Å². The molecule has 0 saturated carbocycles. The molecule has 0 radical (unpaired) electrons. The Kier molecular flexibility index (Phi) is 4.57. The van der Waals surface area contributed by atoms with Crippen molar-refractivity contribution in [3.05, 3.63) is 50.2 Å². The van der Waals surface area contributed by atoms with Gasteiger partial charge in [0.05, 0.1) is 11.5 Å². The molecule has 1 N–H and O–H groups in total. The van der Waals surface area contributed by atoms with Crippen LogP contribution < -0.4 is 10.1 Å². The van der Waals surface area contributed by atoms with Gasteiger partial charge < -0.3 is 10.1 Å². The lowest BCUT2D eigenvalue weighted by Gasteiger charge is -2.09. The van der Waals surface area contributed by atoms with E-state index in [0.29, 0.717) is 18.9 Å². The minimum absolute atomic E-state index is 0.00953. The minimum Gasteiger partial charge on any atom is -0.487 e. The van der Waals surface area contributed by atoms with Crippen LogP contribution in [0, 0.1) is 17.0 Å². The fourth-order valence-corrected chi connectivity index (χ4v) is 2.66. The van der Waals surface area contributed by atoms with Crippen LogP contribution in [-0.2, 0) is 6.54 Å². The molecule has 2 aromatic rings. The van der Waals surface area contributed by atoms with Gasteiger partial charge in [-0.25, -0.2) is 0 Å². The molecule has 0 amide bonds. The number of rotatable bonds is 6. The minimum atomic E-state index is -0.432. The van der Waals surface area contributed by atoms with E-state index in [1.54, 1.807) is 30.4 Å². The molecule has 0 saturated heterocycles. The van der Waals surface area contributed by atoms with Gasteiger partial charge in [0.1, 0.15) is 0 Å². The maximum Gasteiger partial charge on any atom is 0.311 e. The number of benzene rings is 1. The van der Waals surface area contributed by atoms with Gasteiger partial charge >= 0.3 is 5.69 Å². The molecule has 0 aliphatic heterocycles. The first-order chi connectivity index (χ1) is 9.61. The van der Waals surface area contributed by atoms with Gasteiger partial charge in [0.25, 0.3) is 0 Å². The second kappa shape index (κ2) is 6.38. The van der Waals surface area contributed by atoms with E-state index in [2.05, 4.69) is 18.3 Å². The van der Waals surface area contributed by atoms with Crippen molar-refractivity contribution >= 4 is 22.7 Å². The molecule has 5 nitrogen and oxygen atoms in total. The highest BCUT2D eigenvalue weighted by atomic mass is 32.1. The Morgan fingerprint density at radius 3 is 2.80 bits per heavy atom. The lowest BCUT2D eigenvalue weighted by molar-refractivity contribution is -0.385. The average molecular weight is 292 g/mol. The van der Waals surface area contributed by atoms with Crippen LogP contribution in [0.15, 0.2) is 29.6 Å². The third-order valence-corrected chi connectivity index (χ3v) is 3.90. The summed E-state index contributed by atoms with van der Waals surface area (Å²) < 4.78 is 5.32. The van der Waals surface area contributed by atoms with Gasteiger partial charge in [0.2, 0.25) is 0 Å². The zero-order chi connectivity index (χ0) is 14.5. The van der Waals surface area contributed by atoms with E-state index < -0.39 is 4.92 Å². The lowest BCUT2D eigenvalue weighted by atomic mass is 10.2. The van der Waals surface area contributed by atoms with Gasteiger partial charge in [0.15, 0.2) is 5.75 Å². The first kappa shape index (κ1) is 14.3. The summed E-state index contributed by atoms with van der Waals surface area (Å²) >= 11 is 1.69. The molecule has 1 aromatic carbocycles. The lowest BCUT2D eigenvalue weighted by Crippen LogP contribution is -2.01. The molecule has 6 heteroatoms. The van der Waals surface area contributed by atoms with E-state index in [-0.39, 0.29) is 5.69 Å². The largest absolute Gasteiger partial charge is 0.487 e. The maximum atomic E-state index is 10.9. The zero-order valence-corrected chi connectivity index (χ0v) is 12.2. The van der Waals surface area contributed by atoms with E-state index >= 15 is 0 Å². The molecule has 0 spiro atoms. The molecular formula is C14H16N2O3S. The van der Waals surface area contributed by atoms with E-state index in [4.69, 9.17) is 4.74 Å². The molecule has 1 aromatic heterocycles. The van der Waals surface area contributed by atoms with Crippen LogP contribution in [0.5, 0.6) is 5.75 Å². The molecule has 0 fully saturated rings. The quantitative estimate of drug-likeness (QED) is 0.646. The monoisotopic (exact) mass is 292 g/mol. The molecule has 20 heavy (non-hydrogen) atoms. The van der Waals surface area contributed by atoms with Crippen LogP contribution in [0.3, 0.4) is 0 Å². The normalized spacial score (nSPS) is 10.3. The Hall–Kier alpha value is -2.08. The standard InChI is InChI=1S/C14H16N2O3S/c1-3-19-13-8-11(4-5-12(13)16(17)18)15-9-14-10(2)6-7-20-14/h4-8,15H,3,9H2,1-2H3. The van der Waals surface area contributed by atoms with Gasteiger partial charge in [-0.15, -0.1) is 11.3 Å². The highest BCUT2D eigenvalue weighted by molar-refractivity contribution is 7.10. The molecule has 106 valence electrons. The van der Waals surface area contributed by atoms with Gasteiger partial charge in [-0.3, -0.25) is 10.1 Å². The SMILES string of the molecule is CCOc1cc(NCc2sccc2C)ccc1[N+](=O)[O-]. The number of ether oxygens (including phenoxy) is 1. The van der Waals surface area contributed by atoms with E-state index in [1.165, 1.54) is 16.5 Å². The number of nitro benzene ring substituents is 1. The van der Waals surface area contributed by atoms with Crippen molar-refractivity contribution in [3.8, 4) is 5.75 Å². The summed E-state index contributed by atoms with van der Waals surface area (Å²) in [7, 11) is 0. The van der Waals surface area contributed by atoms with Crippen LogP contribution >= 0.6 is 11.3 Å². The Balaban J connectivity index is 2.14. The van der Waals surface area contributed by atoms with Crippen molar-refractivity contribution in [2.45, 2.75) is 20.4 Å². The first-order valence-corrected chi connectivity index (χ1v) is 7.18. The fourth-order valence-electron chi connectivity index (χ4n) is 1.81. The van der Waals surface area contributed by atoms with Crippen molar-refractivity contribution in [2.75, 3.05) is 11.9 Å². The van der Waals surface area contributed by atoms with Gasteiger partial charge in [-0.2, -0.15) is 0 Å². The summed E-state index contributed by atoms with van der Waals surface area (Å²) in [5, 5.41) is 16.2. The fraction of sp³-hybridized carbons (Fsp3) is 0.286. The highest BCUT2D eigenvalue weighted by Crippen LogP contribution is 2.30. The van der Waals surface area contributed by atoms with Gasteiger partial charge in [-0.1, -0.05) is 0 Å². The summed E-state index contributed by atoms with van der Waals surface area (Å²) in [5.74, 6) is 0.297. The third-order valence-electron chi connectivity index (χ3n) is 2.88. The Labute approximate surface area is 121 Å². The topological polar surface area (TPSA) is 64.4 Å². The highest BCUT2D eigenvalue weighted by Gasteiger charge is 2.15. The predicted octanol–water partition coefficient (Wildman–Crippen LogP) is 3.98. The molecule has 0 unspecified atom stereocenters. The molecule has 0 atom stereocenters. The number of anilines is 1. The maximum absolute atomic E-state index is 10.9. The second-order valence-electron chi connectivity index (χ2n) is 4.25. The average Bonchev–Trinajstić information content (AvgIpc) is 2.82. The summed E-state index contributed by atoms with van der Waals surface area (Å²) in [6, 6.07) is 6.91. The smallest absolute Gasteiger partial charge is 0.311 e. The second-order valence-corrected chi connectivity index (χ2v) is 5.25. The number of aryl methyl sites for hydroxylation is 1. The molecule has 0 aliphatic carbocycles. The van der Waals surface area contributed by atoms with Gasteiger partial charge in [0, 0.05) is 29.2 Å². The summed E-state index contributed by atoms with van der Waals surface area (Å²) in [6.45, 7) is 4.97. The third kappa shape index (κ3) is 3.27. The van der Waals surface area contributed by atoms with Crippen LogP contribution in [0.4, 0.5) is 11.4 Å². The van der Waals surface area contributed by atoms with Crippen molar-refractivity contribution in [1.29, 1.82) is 0 Å². The van der Waals surface area contributed by atoms with Crippen LogP contribution in [0.1, 0.15) is 17.4 Å². The summed E-state index contributed by atoms with van der Waals surface area (Å²) in [5.41, 5.74) is 2.05. The molecular weight excluding hydrogens is 276 g/mol. The Morgan fingerprint density at radius 1 is 1.40 bits per heavy atom. The van der Waals surface area contributed by atoms with Gasteiger partial charge in [-0.05, 0) is 36.9 Å². The van der Waals surface area contributed by atoms with Crippen molar-refractivity contribution in [2.24, 2.45) is 0 Å². The number of nitro groups is 1. The molecule has 0 aliphatic rings. The molecule has 1 heterocycles. The predicted molar refractivity (Wildman–Crippen MR) is 80.6 cm³/mol. The number of thiophene rings is 1. The van der Waals surface area contributed by atoms with Crippen LogP contribution in [0.25, 0.3) is 0 Å². The number of nitrogens with one attached hydrogen (secondary N) is 1. The van der Waals surface area contributed by atoms with E-state index in [1.807, 2.05) is 5.38 Å². The van der Waals surface area contributed by atoms with Crippen molar-refractivity contribution < 1.29 is 9.66 Å². The van der Waals surface area contributed by atoms with Crippen LogP contribution in [0.2, 0.25) is 0 Å². The molecule has 0 bridgehead atoms. The summed E-state index contributed by atoms with van der Waals surface area (Å²) in [4.78, 5) is 11.7. The number of hydrogen-bond acceptors (Lipinski definition) is 5. The van der Waals surface area contributed by atoms with Crippen LogP contribution in [-0.4, -0.2) is 11.5 Å². The number of hydrogen-bond donors (Lipinski definition) is 1. The Bertz CT molecular complexity index is 610. The number of nitrogens with zero attached hydrogens (tertiary/aromatic N) is 1. The summed E-state index contributed by atoms with van der Waals surface area (Å²) in [6.07, 6.45) is 0. The Morgan fingerprint density at radius 2 is 2.20 bits per heavy atom. The first-order valence-electron chi connectivity index (χ1n) is 6.30. The zero-order valence-electron chi connectivity index (χ0n) is 11.4. The van der Waals surface area contributed by atoms with E-state index in [0.717, 1.165) is 5.69 Å².